The highest BCUT2D eigenvalue weighted by Gasteiger charge is 2.30. The summed E-state index contributed by atoms with van der Waals surface area (Å²) in [6, 6.07) is 10.3. The van der Waals surface area contributed by atoms with Crippen LogP contribution in [-0.2, 0) is 5.54 Å². The van der Waals surface area contributed by atoms with E-state index in [0.717, 1.165) is 24.5 Å². The van der Waals surface area contributed by atoms with E-state index >= 15 is 0 Å². The van der Waals surface area contributed by atoms with Crippen molar-refractivity contribution in [1.82, 2.24) is 5.32 Å². The van der Waals surface area contributed by atoms with E-state index in [-0.39, 0.29) is 12.1 Å². The summed E-state index contributed by atoms with van der Waals surface area (Å²) in [7, 11) is 0. The van der Waals surface area contributed by atoms with Crippen molar-refractivity contribution in [2.75, 3.05) is 24.7 Å². The van der Waals surface area contributed by atoms with Gasteiger partial charge in [0.05, 0.1) is 12.1 Å². The Morgan fingerprint density at radius 1 is 1.24 bits per heavy atom. The second-order valence-electron chi connectivity index (χ2n) is 4.17. The van der Waals surface area contributed by atoms with Crippen molar-refractivity contribution in [2.45, 2.75) is 25.8 Å². The quantitative estimate of drug-likeness (QED) is 0.747. The lowest BCUT2D eigenvalue weighted by Crippen LogP contribution is -2.48. The molecule has 0 aliphatic rings. The molecule has 1 unspecified atom stereocenters. The number of hydrogen-bond acceptors (Lipinski definition) is 3. The minimum Gasteiger partial charge on any atom is -0.394 e. The lowest BCUT2D eigenvalue weighted by Gasteiger charge is -2.33. The third-order valence-electron chi connectivity index (χ3n) is 2.86. The number of nitrogens with one attached hydrogen (secondary N) is 1. The number of benzene rings is 1. The second-order valence-corrected chi connectivity index (χ2v) is 5.44. The molecule has 3 heteroatoms. The zero-order chi connectivity index (χ0) is 12.6. The molecule has 0 heterocycles. The molecule has 1 aromatic rings. The van der Waals surface area contributed by atoms with E-state index in [1.165, 1.54) is 5.56 Å². The van der Waals surface area contributed by atoms with E-state index in [0.29, 0.717) is 0 Å². The fraction of sp³-hybridized carbons (Fsp3) is 0.571. The summed E-state index contributed by atoms with van der Waals surface area (Å²) < 4.78 is 0. The average molecular weight is 253 g/mol. The fourth-order valence-electron chi connectivity index (χ4n) is 1.83. The van der Waals surface area contributed by atoms with Crippen molar-refractivity contribution >= 4 is 11.8 Å². The largest absolute Gasteiger partial charge is 0.394 e. The van der Waals surface area contributed by atoms with Crippen molar-refractivity contribution in [1.29, 1.82) is 0 Å². The molecule has 0 saturated carbocycles. The molecule has 96 valence electrons. The number of rotatable bonds is 8. The lowest BCUT2D eigenvalue weighted by molar-refractivity contribution is 0.179. The van der Waals surface area contributed by atoms with Gasteiger partial charge >= 0.3 is 0 Å². The minimum absolute atomic E-state index is 0.143. The number of thioether (sulfide) groups is 1. The van der Waals surface area contributed by atoms with Gasteiger partial charge in [0.2, 0.25) is 0 Å². The van der Waals surface area contributed by atoms with Crippen LogP contribution in [0, 0.1) is 0 Å². The molecule has 0 bridgehead atoms. The zero-order valence-electron chi connectivity index (χ0n) is 10.8. The molecule has 2 N–H and O–H groups in total. The van der Waals surface area contributed by atoms with E-state index < -0.39 is 0 Å². The topological polar surface area (TPSA) is 32.3 Å². The first kappa shape index (κ1) is 14.6. The molecule has 0 radical (unpaired) electrons. The highest BCUT2D eigenvalue weighted by atomic mass is 32.2. The van der Waals surface area contributed by atoms with Gasteiger partial charge in [0.15, 0.2) is 0 Å². The number of hydrogen-bond donors (Lipinski definition) is 2. The first-order chi connectivity index (χ1) is 8.29. The van der Waals surface area contributed by atoms with Crippen LogP contribution in [0.3, 0.4) is 0 Å². The molecule has 0 aliphatic carbocycles. The average Bonchev–Trinajstić information content (AvgIpc) is 2.41. The molecule has 0 aromatic heterocycles. The molecule has 0 aliphatic heterocycles. The summed E-state index contributed by atoms with van der Waals surface area (Å²) in [6.07, 6.45) is 1.07. The summed E-state index contributed by atoms with van der Waals surface area (Å²) in [6.45, 7) is 5.37. The molecular weight excluding hydrogens is 230 g/mol. The van der Waals surface area contributed by atoms with Crippen molar-refractivity contribution in [3.8, 4) is 0 Å². The maximum Gasteiger partial charge on any atom is 0.0760 e. The van der Waals surface area contributed by atoms with Crippen LogP contribution in [0.4, 0.5) is 0 Å². The lowest BCUT2D eigenvalue weighted by atomic mass is 9.92. The van der Waals surface area contributed by atoms with Gasteiger partial charge in [0.25, 0.3) is 0 Å². The van der Waals surface area contributed by atoms with Crippen LogP contribution in [0.2, 0.25) is 0 Å². The highest BCUT2D eigenvalue weighted by Crippen LogP contribution is 2.25. The molecule has 2 nitrogen and oxygen atoms in total. The van der Waals surface area contributed by atoms with Gasteiger partial charge in [-0.3, -0.25) is 0 Å². The molecule has 0 amide bonds. The molecule has 1 aromatic carbocycles. The van der Waals surface area contributed by atoms with Crippen LogP contribution in [0.15, 0.2) is 30.3 Å². The molecule has 1 atom stereocenters. The summed E-state index contributed by atoms with van der Waals surface area (Å²) >= 11 is 1.86. The Bertz CT molecular complexity index is 294. The molecule has 1 rings (SSSR count). The van der Waals surface area contributed by atoms with E-state index in [9.17, 15) is 5.11 Å². The van der Waals surface area contributed by atoms with Gasteiger partial charge in [-0.15, -0.1) is 0 Å². The van der Waals surface area contributed by atoms with E-state index in [4.69, 9.17) is 0 Å². The molecule has 0 spiro atoms. The Morgan fingerprint density at radius 3 is 2.47 bits per heavy atom. The monoisotopic (exact) mass is 253 g/mol. The van der Waals surface area contributed by atoms with Crippen LogP contribution >= 0.6 is 11.8 Å². The molecule has 0 fully saturated rings. The Kier molecular flexibility index (Phi) is 6.63. The van der Waals surface area contributed by atoms with Crippen molar-refractivity contribution < 1.29 is 5.11 Å². The minimum atomic E-state index is -0.294. The van der Waals surface area contributed by atoms with E-state index in [1.54, 1.807) is 0 Å². The van der Waals surface area contributed by atoms with Gasteiger partial charge in [-0.2, -0.15) is 11.8 Å². The Labute approximate surface area is 109 Å². The molecule has 17 heavy (non-hydrogen) atoms. The van der Waals surface area contributed by atoms with Crippen molar-refractivity contribution in [3.63, 3.8) is 0 Å². The summed E-state index contributed by atoms with van der Waals surface area (Å²) in [4.78, 5) is 0. The van der Waals surface area contributed by atoms with Crippen LogP contribution < -0.4 is 5.32 Å². The van der Waals surface area contributed by atoms with Gasteiger partial charge in [-0.25, -0.2) is 0 Å². The van der Waals surface area contributed by atoms with Crippen molar-refractivity contribution in [2.24, 2.45) is 0 Å². The SMILES string of the molecule is CCCNC(CO)(CSCC)c1ccccc1. The first-order valence-electron chi connectivity index (χ1n) is 6.28. The second kappa shape index (κ2) is 7.75. The van der Waals surface area contributed by atoms with E-state index in [1.807, 2.05) is 30.0 Å². The predicted octanol–water partition coefficient (Wildman–Crippen LogP) is 2.63. The fourth-order valence-corrected chi connectivity index (χ4v) is 2.74. The third kappa shape index (κ3) is 4.02. The van der Waals surface area contributed by atoms with Gasteiger partial charge in [0, 0.05) is 5.75 Å². The maximum atomic E-state index is 9.81. The van der Waals surface area contributed by atoms with Crippen LogP contribution in [-0.4, -0.2) is 29.8 Å². The van der Waals surface area contributed by atoms with E-state index in [2.05, 4.69) is 31.3 Å². The van der Waals surface area contributed by atoms with Crippen LogP contribution in [0.1, 0.15) is 25.8 Å². The smallest absolute Gasteiger partial charge is 0.0760 e. The summed E-state index contributed by atoms with van der Waals surface area (Å²) in [5, 5.41) is 13.3. The Hall–Kier alpha value is -0.510. The Balaban J connectivity index is 2.89. The van der Waals surface area contributed by atoms with Gasteiger partial charge in [-0.05, 0) is 24.3 Å². The van der Waals surface area contributed by atoms with Crippen LogP contribution in [0.5, 0.6) is 0 Å². The standard InChI is InChI=1S/C14H23NOS/c1-3-10-15-14(11-16,12-17-4-2)13-8-6-5-7-9-13/h5-9,15-16H,3-4,10-12H2,1-2H3. The normalized spacial score (nSPS) is 14.5. The first-order valence-corrected chi connectivity index (χ1v) is 7.43. The summed E-state index contributed by atoms with van der Waals surface area (Å²) in [5.41, 5.74) is 0.884. The van der Waals surface area contributed by atoms with Gasteiger partial charge < -0.3 is 10.4 Å². The predicted molar refractivity (Wildman–Crippen MR) is 76.5 cm³/mol. The molecular formula is C14H23NOS. The van der Waals surface area contributed by atoms with Gasteiger partial charge in [0.1, 0.15) is 0 Å². The number of aliphatic hydroxyl groups is 1. The van der Waals surface area contributed by atoms with Crippen LogP contribution in [0.25, 0.3) is 0 Å². The van der Waals surface area contributed by atoms with Gasteiger partial charge in [-0.1, -0.05) is 44.2 Å². The Morgan fingerprint density at radius 2 is 1.94 bits per heavy atom. The number of aliphatic hydroxyl groups excluding tert-OH is 1. The zero-order valence-corrected chi connectivity index (χ0v) is 11.6. The highest BCUT2D eigenvalue weighted by molar-refractivity contribution is 7.99. The maximum absolute atomic E-state index is 9.81. The third-order valence-corrected chi connectivity index (χ3v) is 3.97. The summed E-state index contributed by atoms with van der Waals surface area (Å²) in [5.74, 6) is 1.98. The molecule has 0 saturated heterocycles. The van der Waals surface area contributed by atoms with Crippen molar-refractivity contribution in [3.05, 3.63) is 35.9 Å².